The van der Waals surface area contributed by atoms with Crippen LogP contribution in [0.3, 0.4) is 0 Å². The van der Waals surface area contributed by atoms with Crippen molar-refractivity contribution in [3.63, 3.8) is 0 Å². The highest BCUT2D eigenvalue weighted by molar-refractivity contribution is 4.87. The van der Waals surface area contributed by atoms with Gasteiger partial charge in [-0.25, -0.2) is 0 Å². The predicted octanol–water partition coefficient (Wildman–Crippen LogP) is 2.39. The van der Waals surface area contributed by atoms with Gasteiger partial charge in [0.1, 0.15) is 0 Å². The number of hydrogen-bond acceptors (Lipinski definition) is 3. The molecule has 3 heteroatoms. The van der Waals surface area contributed by atoms with Gasteiger partial charge in [-0.15, -0.1) is 0 Å². The molecule has 2 fully saturated rings. The Balaban J connectivity index is 1.84. The molecule has 2 rings (SSSR count). The van der Waals surface area contributed by atoms with Crippen molar-refractivity contribution in [2.75, 3.05) is 26.2 Å². The van der Waals surface area contributed by atoms with Crippen molar-refractivity contribution in [3.8, 4) is 0 Å². The minimum absolute atomic E-state index is 0.316. The topological polar surface area (TPSA) is 35.5 Å². The minimum atomic E-state index is 0.316. The summed E-state index contributed by atoms with van der Waals surface area (Å²) in [5.41, 5.74) is 0. The van der Waals surface area contributed by atoms with E-state index in [1.54, 1.807) is 0 Å². The van der Waals surface area contributed by atoms with Crippen molar-refractivity contribution in [2.45, 2.75) is 70.4 Å². The Kier molecular flexibility index (Phi) is 6.62. The quantitative estimate of drug-likeness (QED) is 0.709. The molecule has 2 aliphatic rings. The first-order valence-electron chi connectivity index (χ1n) is 8.43. The molecule has 0 bridgehead atoms. The molecule has 3 nitrogen and oxygen atoms in total. The van der Waals surface area contributed by atoms with Crippen LogP contribution in [0, 0.1) is 5.92 Å². The van der Waals surface area contributed by atoms with E-state index in [2.05, 4.69) is 17.1 Å². The molecule has 0 amide bonds. The summed E-state index contributed by atoms with van der Waals surface area (Å²) in [5.74, 6) is 0.799. The van der Waals surface area contributed by atoms with E-state index in [9.17, 15) is 5.11 Å². The maximum atomic E-state index is 9.28. The van der Waals surface area contributed by atoms with Crippen LogP contribution in [0.15, 0.2) is 0 Å². The minimum Gasteiger partial charge on any atom is -0.395 e. The van der Waals surface area contributed by atoms with Gasteiger partial charge < -0.3 is 10.4 Å². The van der Waals surface area contributed by atoms with E-state index in [1.807, 2.05) is 0 Å². The molecular weight excluding hydrogens is 236 g/mol. The van der Waals surface area contributed by atoms with Crippen molar-refractivity contribution in [3.05, 3.63) is 0 Å². The Morgan fingerprint density at radius 1 is 1.11 bits per heavy atom. The zero-order valence-corrected chi connectivity index (χ0v) is 12.6. The standard InChI is InChI=1S/C16H32N2O/c1-2-10-17-16-9-4-3-6-14(16)13-18(11-12-19)15-7-5-8-15/h14-17,19H,2-13H2,1H3. The summed E-state index contributed by atoms with van der Waals surface area (Å²) in [7, 11) is 0. The van der Waals surface area contributed by atoms with Crippen molar-refractivity contribution < 1.29 is 5.11 Å². The fraction of sp³-hybridized carbons (Fsp3) is 1.00. The summed E-state index contributed by atoms with van der Waals surface area (Å²) >= 11 is 0. The highest BCUT2D eigenvalue weighted by atomic mass is 16.3. The fourth-order valence-corrected chi connectivity index (χ4v) is 3.63. The summed E-state index contributed by atoms with van der Waals surface area (Å²) in [5, 5.41) is 13.0. The van der Waals surface area contributed by atoms with E-state index in [0.717, 1.165) is 31.1 Å². The number of aliphatic hydroxyl groups excluding tert-OH is 1. The second-order valence-electron chi connectivity index (χ2n) is 6.41. The van der Waals surface area contributed by atoms with E-state index >= 15 is 0 Å². The Hall–Kier alpha value is -0.120. The van der Waals surface area contributed by atoms with Crippen molar-refractivity contribution >= 4 is 0 Å². The molecule has 2 atom stereocenters. The van der Waals surface area contributed by atoms with Gasteiger partial charge in [-0.1, -0.05) is 26.2 Å². The number of hydrogen-bond donors (Lipinski definition) is 2. The van der Waals surface area contributed by atoms with E-state index in [0.29, 0.717) is 6.61 Å². The van der Waals surface area contributed by atoms with Gasteiger partial charge in [0.2, 0.25) is 0 Å². The van der Waals surface area contributed by atoms with Crippen LogP contribution >= 0.6 is 0 Å². The number of rotatable bonds is 8. The average Bonchev–Trinajstić information content (AvgIpc) is 2.36. The van der Waals surface area contributed by atoms with Gasteiger partial charge in [-0.2, -0.15) is 0 Å². The number of nitrogens with one attached hydrogen (secondary N) is 1. The van der Waals surface area contributed by atoms with Gasteiger partial charge in [-0.05, 0) is 44.6 Å². The molecule has 2 saturated carbocycles. The third-order valence-electron chi connectivity index (χ3n) is 5.01. The van der Waals surface area contributed by atoms with Crippen LogP contribution in [-0.4, -0.2) is 48.3 Å². The first-order valence-corrected chi connectivity index (χ1v) is 8.43. The Bertz CT molecular complexity index is 243. The molecule has 19 heavy (non-hydrogen) atoms. The van der Waals surface area contributed by atoms with E-state index in [-0.39, 0.29) is 0 Å². The van der Waals surface area contributed by atoms with Crippen molar-refractivity contribution in [1.29, 1.82) is 0 Å². The maximum absolute atomic E-state index is 9.28. The molecule has 0 heterocycles. The smallest absolute Gasteiger partial charge is 0.0558 e. The van der Waals surface area contributed by atoms with Gasteiger partial charge in [-0.3, -0.25) is 4.90 Å². The van der Waals surface area contributed by atoms with Crippen LogP contribution in [0.1, 0.15) is 58.3 Å². The largest absolute Gasteiger partial charge is 0.395 e. The SMILES string of the molecule is CCCNC1CCCCC1CN(CCO)C1CCC1. The lowest BCUT2D eigenvalue weighted by atomic mass is 9.82. The zero-order chi connectivity index (χ0) is 13.5. The van der Waals surface area contributed by atoms with Gasteiger partial charge in [0, 0.05) is 25.2 Å². The van der Waals surface area contributed by atoms with Crippen LogP contribution < -0.4 is 5.32 Å². The zero-order valence-electron chi connectivity index (χ0n) is 12.6. The molecular formula is C16H32N2O. The Morgan fingerprint density at radius 2 is 1.89 bits per heavy atom. The summed E-state index contributed by atoms with van der Waals surface area (Å²) in [6.07, 6.45) is 10.8. The van der Waals surface area contributed by atoms with Crippen molar-refractivity contribution in [1.82, 2.24) is 10.2 Å². The molecule has 2 unspecified atom stereocenters. The molecule has 0 aromatic carbocycles. The van der Waals surface area contributed by atoms with Crippen LogP contribution in [0.25, 0.3) is 0 Å². The number of nitrogens with zero attached hydrogens (tertiary/aromatic N) is 1. The second kappa shape index (κ2) is 8.23. The average molecular weight is 268 g/mol. The highest BCUT2D eigenvalue weighted by Crippen LogP contribution is 2.30. The van der Waals surface area contributed by atoms with E-state index < -0.39 is 0 Å². The van der Waals surface area contributed by atoms with E-state index in [1.165, 1.54) is 57.9 Å². The third-order valence-corrected chi connectivity index (χ3v) is 5.01. The van der Waals surface area contributed by atoms with Crippen molar-refractivity contribution in [2.24, 2.45) is 5.92 Å². The van der Waals surface area contributed by atoms with E-state index in [4.69, 9.17) is 0 Å². The lowest BCUT2D eigenvalue weighted by Gasteiger charge is -2.42. The maximum Gasteiger partial charge on any atom is 0.0558 e. The molecule has 0 aliphatic heterocycles. The Morgan fingerprint density at radius 3 is 2.53 bits per heavy atom. The lowest BCUT2D eigenvalue weighted by molar-refractivity contribution is 0.0686. The van der Waals surface area contributed by atoms with Crippen LogP contribution in [-0.2, 0) is 0 Å². The summed E-state index contributed by atoms with van der Waals surface area (Å²) in [6, 6.07) is 1.48. The molecule has 0 aromatic heterocycles. The summed E-state index contributed by atoms with van der Waals surface area (Å²) in [4.78, 5) is 2.57. The molecule has 112 valence electrons. The first-order chi connectivity index (χ1) is 9.35. The molecule has 2 aliphatic carbocycles. The summed E-state index contributed by atoms with van der Waals surface area (Å²) in [6.45, 7) is 5.80. The fourth-order valence-electron chi connectivity index (χ4n) is 3.63. The highest BCUT2D eigenvalue weighted by Gasteiger charge is 2.30. The molecule has 0 radical (unpaired) electrons. The Labute approximate surface area is 118 Å². The van der Waals surface area contributed by atoms with Gasteiger partial charge >= 0.3 is 0 Å². The van der Waals surface area contributed by atoms with Crippen LogP contribution in [0.4, 0.5) is 0 Å². The van der Waals surface area contributed by atoms with Gasteiger partial charge in [0.15, 0.2) is 0 Å². The van der Waals surface area contributed by atoms with Gasteiger partial charge in [0.05, 0.1) is 6.61 Å². The normalized spacial score (nSPS) is 28.6. The predicted molar refractivity (Wildman–Crippen MR) is 80.3 cm³/mol. The molecule has 0 saturated heterocycles. The first kappa shape index (κ1) is 15.3. The molecule has 2 N–H and O–H groups in total. The molecule has 0 spiro atoms. The monoisotopic (exact) mass is 268 g/mol. The third kappa shape index (κ3) is 4.44. The van der Waals surface area contributed by atoms with Crippen LogP contribution in [0.2, 0.25) is 0 Å². The second-order valence-corrected chi connectivity index (χ2v) is 6.41. The lowest BCUT2D eigenvalue weighted by Crippen LogP contribution is -2.49. The molecule has 0 aromatic rings. The summed E-state index contributed by atoms with van der Waals surface area (Å²) < 4.78 is 0. The number of aliphatic hydroxyl groups is 1. The van der Waals surface area contributed by atoms with Crippen LogP contribution in [0.5, 0.6) is 0 Å². The van der Waals surface area contributed by atoms with Gasteiger partial charge in [0.25, 0.3) is 0 Å².